The zero-order valence-electron chi connectivity index (χ0n) is 26.1. The van der Waals surface area contributed by atoms with Crippen molar-refractivity contribution in [3.63, 3.8) is 0 Å². The van der Waals surface area contributed by atoms with Crippen molar-refractivity contribution >= 4 is 44.8 Å². The van der Waals surface area contributed by atoms with Gasteiger partial charge in [-0.15, -0.1) is 18.0 Å². The Balaban J connectivity index is 1.32. The van der Waals surface area contributed by atoms with Crippen molar-refractivity contribution in [3.8, 4) is 29.6 Å². The number of hydrogen-bond acceptors (Lipinski definition) is 8. The Labute approximate surface area is 265 Å². The highest BCUT2D eigenvalue weighted by Gasteiger charge is 2.56. The average Bonchev–Trinajstić information content (AvgIpc) is 3.39. The molecule has 0 radical (unpaired) electrons. The molecule has 5 heterocycles. The van der Waals surface area contributed by atoms with Gasteiger partial charge in [-0.25, -0.2) is 13.2 Å². The minimum absolute atomic E-state index is 0.0411. The predicted octanol–water partition coefficient (Wildman–Crippen LogP) is 5.23. The maximum atomic E-state index is 16.9. The maximum absolute atomic E-state index is 16.9. The molecule has 8 nitrogen and oxygen atoms in total. The molecule has 45 heavy (non-hydrogen) atoms. The number of nitrogens with zero attached hydrogens (tertiary/aromatic N) is 5. The number of rotatable bonds is 5. The largest absolute Gasteiger partial charge is 0.461 e. The van der Waals surface area contributed by atoms with Gasteiger partial charge in [0.1, 0.15) is 35.6 Å². The third kappa shape index (κ3) is 4.56. The van der Waals surface area contributed by atoms with Gasteiger partial charge in [0.05, 0.1) is 36.8 Å². The molecule has 1 saturated carbocycles. The zero-order chi connectivity index (χ0) is 32.8. The number of pyridine rings is 1. The van der Waals surface area contributed by atoms with Gasteiger partial charge in [0, 0.05) is 49.0 Å². The highest BCUT2D eigenvalue weighted by atomic mass is 35.5. The first kappa shape index (κ1) is 26.4. The quantitative estimate of drug-likeness (QED) is 0.181. The van der Waals surface area contributed by atoms with Crippen LogP contribution >= 0.6 is 11.6 Å². The van der Waals surface area contributed by atoms with Crippen LogP contribution in [0.25, 0.3) is 32.9 Å². The molecular formula is C33H30ClF3N6O2. The summed E-state index contributed by atoms with van der Waals surface area (Å²) in [6.45, 7) is -0.814. The first-order valence-corrected chi connectivity index (χ1v) is 15.4. The summed E-state index contributed by atoms with van der Waals surface area (Å²) in [6.07, 6.45) is 7.31. The highest BCUT2D eigenvalue weighted by Crippen LogP contribution is 2.45. The van der Waals surface area contributed by atoms with Crippen molar-refractivity contribution in [3.05, 3.63) is 47.7 Å². The summed E-state index contributed by atoms with van der Waals surface area (Å²) in [5.41, 5.74) is 4.95. The molecule has 1 aliphatic carbocycles. The highest BCUT2D eigenvalue weighted by molar-refractivity contribution is 6.24. The molecule has 0 unspecified atom stereocenters. The van der Waals surface area contributed by atoms with Crippen molar-refractivity contribution in [1.82, 2.24) is 19.9 Å². The van der Waals surface area contributed by atoms with E-state index in [0.717, 1.165) is 0 Å². The lowest BCUT2D eigenvalue weighted by atomic mass is 9.95. The van der Waals surface area contributed by atoms with Crippen molar-refractivity contribution in [2.75, 3.05) is 43.4 Å². The molecule has 0 bridgehead atoms. The van der Waals surface area contributed by atoms with E-state index in [1.54, 1.807) is 11.0 Å². The van der Waals surface area contributed by atoms with Crippen LogP contribution in [0, 0.1) is 24.0 Å². The smallest absolute Gasteiger partial charge is 0.319 e. The molecule has 0 amide bonds. The first-order chi connectivity index (χ1) is 22.5. The number of fused-ring (bicyclic) bond motifs is 4. The Hall–Kier alpha value is -3.85. The molecular weight excluding hydrogens is 605 g/mol. The third-order valence-corrected chi connectivity index (χ3v) is 9.89. The fraction of sp³-hybridized carbons (Fsp3) is 0.424. The van der Waals surface area contributed by atoms with Crippen molar-refractivity contribution < 1.29 is 25.4 Å². The summed E-state index contributed by atoms with van der Waals surface area (Å²) in [5.74, 6) is 1.07. The molecule has 3 saturated heterocycles. The van der Waals surface area contributed by atoms with Crippen molar-refractivity contribution in [1.29, 1.82) is 0 Å². The summed E-state index contributed by atoms with van der Waals surface area (Å²) in [5, 5.41) is 0.650. The molecule has 8 rings (SSSR count). The van der Waals surface area contributed by atoms with Gasteiger partial charge in [-0.05, 0) is 49.4 Å². The van der Waals surface area contributed by atoms with Crippen LogP contribution in [0.1, 0.15) is 34.0 Å². The zero-order valence-corrected chi connectivity index (χ0v) is 24.8. The van der Waals surface area contributed by atoms with E-state index in [0.29, 0.717) is 44.3 Å². The number of nitrogens with two attached hydrogens (primary N) is 1. The number of ether oxygens (including phenoxy) is 2. The van der Waals surface area contributed by atoms with E-state index in [1.165, 1.54) is 24.4 Å². The summed E-state index contributed by atoms with van der Waals surface area (Å²) >= 11 is 6.59. The van der Waals surface area contributed by atoms with Gasteiger partial charge in [0.15, 0.2) is 5.82 Å². The second-order valence-electron chi connectivity index (χ2n) is 12.2. The average molecular weight is 637 g/mol. The van der Waals surface area contributed by atoms with Crippen LogP contribution in [-0.2, 0) is 4.74 Å². The lowest BCUT2D eigenvalue weighted by Gasteiger charge is -2.31. The molecule has 4 aromatic rings. The summed E-state index contributed by atoms with van der Waals surface area (Å²) < 4.78 is 76.4. The van der Waals surface area contributed by atoms with Crippen LogP contribution in [0.5, 0.6) is 6.01 Å². The van der Waals surface area contributed by atoms with Gasteiger partial charge < -0.3 is 20.1 Å². The minimum atomic E-state index is -2.41. The number of alkyl halides is 2. The summed E-state index contributed by atoms with van der Waals surface area (Å²) in [4.78, 5) is 17.2. The number of benzene rings is 2. The van der Waals surface area contributed by atoms with E-state index in [2.05, 4.69) is 20.9 Å². The molecule has 2 aromatic heterocycles. The predicted molar refractivity (Wildman–Crippen MR) is 166 cm³/mol. The lowest BCUT2D eigenvalue weighted by Crippen LogP contribution is -2.43. The van der Waals surface area contributed by atoms with Crippen LogP contribution in [0.3, 0.4) is 0 Å². The number of anilines is 2. The van der Waals surface area contributed by atoms with E-state index < -0.39 is 35.9 Å². The Kier molecular flexibility index (Phi) is 6.22. The number of hydrogen-bond donors (Lipinski definition) is 1. The normalized spacial score (nSPS) is 28.7. The van der Waals surface area contributed by atoms with Crippen molar-refractivity contribution in [2.45, 2.75) is 54.9 Å². The SMILES string of the molecule is [2H]C([2H])(Oc1nc(N2CCCO[C@H]3[C@H](Cl)[C@H]32)c2cnc(-c3cc(N)cc4ccc(F)c(C#C)c34)c(F)c2n1)[C@@]12CCCN1C[C@H](F)C2. The molecule has 2 aromatic carbocycles. The van der Waals surface area contributed by atoms with E-state index >= 15 is 4.39 Å². The number of halogens is 4. The van der Waals surface area contributed by atoms with E-state index in [9.17, 15) is 8.78 Å². The van der Waals surface area contributed by atoms with E-state index in [4.69, 9.17) is 36.0 Å². The van der Waals surface area contributed by atoms with Crippen LogP contribution in [-0.4, -0.2) is 81.9 Å². The van der Waals surface area contributed by atoms with Gasteiger partial charge in [-0.3, -0.25) is 9.88 Å². The molecule has 12 heteroatoms. The fourth-order valence-electron chi connectivity index (χ4n) is 7.29. The van der Waals surface area contributed by atoms with Crippen LogP contribution in [0.15, 0.2) is 30.5 Å². The van der Waals surface area contributed by atoms with Gasteiger partial charge >= 0.3 is 6.01 Å². The van der Waals surface area contributed by atoms with Gasteiger partial charge in [0.2, 0.25) is 0 Å². The van der Waals surface area contributed by atoms with Crippen LogP contribution in [0.4, 0.5) is 24.7 Å². The fourth-order valence-corrected chi connectivity index (χ4v) is 7.71. The molecule has 5 atom stereocenters. The molecule has 232 valence electrons. The third-order valence-electron chi connectivity index (χ3n) is 9.39. The summed E-state index contributed by atoms with van der Waals surface area (Å²) in [6, 6.07) is 5.12. The Morgan fingerprint density at radius 3 is 2.96 bits per heavy atom. The van der Waals surface area contributed by atoms with Gasteiger partial charge in [0.25, 0.3) is 0 Å². The number of terminal acetylenes is 1. The first-order valence-electron chi connectivity index (χ1n) is 16.0. The van der Waals surface area contributed by atoms with E-state index in [1.807, 2.05) is 4.90 Å². The minimum Gasteiger partial charge on any atom is -0.461 e. The Morgan fingerprint density at radius 2 is 2.11 bits per heavy atom. The number of aromatic nitrogens is 3. The second-order valence-corrected chi connectivity index (χ2v) is 12.7. The molecule has 4 aliphatic rings. The van der Waals surface area contributed by atoms with Gasteiger partial charge in [-0.1, -0.05) is 12.0 Å². The lowest BCUT2D eigenvalue weighted by molar-refractivity contribution is 0.107. The Bertz CT molecular complexity index is 2000. The topological polar surface area (TPSA) is 89.6 Å². The maximum Gasteiger partial charge on any atom is 0.319 e. The molecule has 3 aliphatic heterocycles. The van der Waals surface area contributed by atoms with Crippen LogP contribution < -0.4 is 15.4 Å². The summed E-state index contributed by atoms with van der Waals surface area (Å²) in [7, 11) is 0. The Morgan fingerprint density at radius 1 is 1.24 bits per heavy atom. The van der Waals surface area contributed by atoms with E-state index in [-0.39, 0.29) is 75.1 Å². The standard InChI is InChI=1S/C33H30ClF3N6O2/c1-2-20-23(36)6-5-17-11-19(38)12-21(24(17)20)27-26(37)28-22(14-39-27)31(43-9-4-10-44-30-25(34)29(30)43)41-32(40-28)45-16-33-7-3-8-42(33)15-18(35)13-33/h1,5-6,11-12,14,18,25,29-30H,3-4,7-10,13,15-16,38H2/t18-,25-,29-,30+,33+/m1/s1/i16D2. The van der Waals surface area contributed by atoms with Crippen molar-refractivity contribution in [2.24, 2.45) is 0 Å². The second kappa shape index (κ2) is 10.6. The molecule has 2 N–H and O–H groups in total. The van der Waals surface area contributed by atoms with Crippen LogP contribution in [0.2, 0.25) is 0 Å². The van der Waals surface area contributed by atoms with Gasteiger partial charge in [-0.2, -0.15) is 9.97 Å². The molecule has 0 spiro atoms. The number of nitrogen functional groups attached to an aromatic ring is 1. The molecule has 4 fully saturated rings. The monoisotopic (exact) mass is 636 g/mol.